The maximum Gasteiger partial charge on any atom is 0.435 e. The minimum absolute atomic E-state index is 0.0222. The number of hydrogen-bond donors (Lipinski definition) is 4. The first-order valence-electron chi connectivity index (χ1n) is 11.0. The van der Waals surface area contributed by atoms with Crippen LogP contribution in [0.5, 0.6) is 0 Å². The van der Waals surface area contributed by atoms with Gasteiger partial charge in [0.1, 0.15) is 0 Å². The molecule has 12 heteroatoms. The van der Waals surface area contributed by atoms with Gasteiger partial charge in [0.25, 0.3) is 5.91 Å². The number of carbonyl (C=O) groups is 2. The molecular weight excluding hydrogens is 521 g/mol. The quantitative estimate of drug-likeness (QED) is 0.222. The van der Waals surface area contributed by atoms with Gasteiger partial charge in [-0.1, -0.05) is 23.7 Å². The standard InChI is InChI=1S/C26H18ClF3N6O2/c1-14-22(23(36-35-14)26(28,29)30)20-10-9-19(32-24(37)16-5-7-17(27)8-6-16)12-21(20)34-25(38)33-18-4-2-3-15(11-18)13-31/h2-12H,1H3,(H,32,37)(H,35,36)(H2,33,34,38). The fourth-order valence-corrected chi connectivity index (χ4v) is 3.79. The Labute approximate surface area is 219 Å². The summed E-state index contributed by atoms with van der Waals surface area (Å²) in [6, 6.07) is 17.5. The van der Waals surface area contributed by atoms with Crippen LogP contribution in [-0.4, -0.2) is 22.1 Å². The predicted molar refractivity (Wildman–Crippen MR) is 137 cm³/mol. The molecule has 0 spiro atoms. The minimum Gasteiger partial charge on any atom is -0.322 e. The highest BCUT2D eigenvalue weighted by molar-refractivity contribution is 6.30. The molecule has 0 saturated heterocycles. The van der Waals surface area contributed by atoms with Crippen LogP contribution in [0.15, 0.2) is 66.7 Å². The summed E-state index contributed by atoms with van der Waals surface area (Å²) in [6.07, 6.45) is -4.77. The van der Waals surface area contributed by atoms with E-state index in [0.717, 1.165) is 0 Å². The van der Waals surface area contributed by atoms with Crippen molar-refractivity contribution < 1.29 is 22.8 Å². The summed E-state index contributed by atoms with van der Waals surface area (Å²) in [6.45, 7) is 1.42. The number of urea groups is 1. The largest absolute Gasteiger partial charge is 0.435 e. The first-order valence-corrected chi connectivity index (χ1v) is 11.3. The first-order chi connectivity index (χ1) is 18.0. The van der Waals surface area contributed by atoms with Crippen LogP contribution in [0.3, 0.4) is 0 Å². The molecule has 8 nitrogen and oxygen atoms in total. The number of carbonyl (C=O) groups excluding carboxylic acids is 2. The van der Waals surface area contributed by atoms with E-state index in [9.17, 15) is 22.8 Å². The van der Waals surface area contributed by atoms with Crippen molar-refractivity contribution in [2.24, 2.45) is 0 Å². The van der Waals surface area contributed by atoms with Crippen LogP contribution < -0.4 is 16.0 Å². The van der Waals surface area contributed by atoms with E-state index in [1.165, 1.54) is 43.3 Å². The molecule has 192 valence electrons. The monoisotopic (exact) mass is 538 g/mol. The van der Waals surface area contributed by atoms with Gasteiger partial charge in [-0.3, -0.25) is 9.89 Å². The highest BCUT2D eigenvalue weighted by atomic mass is 35.5. The summed E-state index contributed by atoms with van der Waals surface area (Å²) in [4.78, 5) is 25.5. The molecule has 0 atom stereocenters. The third-order valence-electron chi connectivity index (χ3n) is 5.37. The van der Waals surface area contributed by atoms with Crippen LogP contribution in [0.2, 0.25) is 5.02 Å². The first kappa shape index (κ1) is 26.2. The normalized spacial score (nSPS) is 10.9. The van der Waals surface area contributed by atoms with E-state index in [2.05, 4.69) is 26.1 Å². The van der Waals surface area contributed by atoms with Gasteiger partial charge in [-0.05, 0) is 61.5 Å². The molecule has 0 aliphatic heterocycles. The zero-order valence-corrected chi connectivity index (χ0v) is 20.3. The summed E-state index contributed by atoms with van der Waals surface area (Å²) in [5, 5.41) is 23.0. The van der Waals surface area contributed by atoms with Crippen LogP contribution in [0.25, 0.3) is 11.1 Å². The maximum atomic E-state index is 13.7. The number of anilines is 3. The van der Waals surface area contributed by atoms with Gasteiger partial charge >= 0.3 is 12.2 Å². The van der Waals surface area contributed by atoms with Crippen molar-refractivity contribution in [2.45, 2.75) is 13.1 Å². The number of nitrogens with zero attached hydrogens (tertiary/aromatic N) is 2. The van der Waals surface area contributed by atoms with Gasteiger partial charge in [0.05, 0.1) is 17.3 Å². The van der Waals surface area contributed by atoms with Crippen LogP contribution in [0.4, 0.5) is 35.0 Å². The summed E-state index contributed by atoms with van der Waals surface area (Å²) in [5.74, 6) is -0.492. The number of alkyl halides is 3. The second-order valence-electron chi connectivity index (χ2n) is 8.06. The Bertz CT molecular complexity index is 1560. The van der Waals surface area contributed by atoms with E-state index in [4.69, 9.17) is 16.9 Å². The summed E-state index contributed by atoms with van der Waals surface area (Å²) in [5.41, 5.74) is -0.173. The zero-order valence-electron chi connectivity index (χ0n) is 19.6. The van der Waals surface area contributed by atoms with E-state index < -0.39 is 23.8 Å². The fourth-order valence-electron chi connectivity index (χ4n) is 3.66. The zero-order chi connectivity index (χ0) is 27.4. The number of aromatic amines is 1. The number of H-pyrrole nitrogens is 1. The number of nitriles is 1. The van der Waals surface area contributed by atoms with Crippen molar-refractivity contribution in [3.63, 3.8) is 0 Å². The van der Waals surface area contributed by atoms with Gasteiger partial charge in [-0.2, -0.15) is 23.5 Å². The lowest BCUT2D eigenvalue weighted by atomic mass is 10.00. The van der Waals surface area contributed by atoms with E-state index in [1.807, 2.05) is 6.07 Å². The van der Waals surface area contributed by atoms with Crippen molar-refractivity contribution in [1.29, 1.82) is 5.26 Å². The smallest absolute Gasteiger partial charge is 0.322 e. The van der Waals surface area contributed by atoms with Crippen LogP contribution >= 0.6 is 11.6 Å². The van der Waals surface area contributed by atoms with Gasteiger partial charge in [0.2, 0.25) is 0 Å². The Morgan fingerprint density at radius 1 is 0.974 bits per heavy atom. The highest BCUT2D eigenvalue weighted by Gasteiger charge is 2.38. The SMILES string of the molecule is Cc1[nH]nc(C(F)(F)F)c1-c1ccc(NC(=O)c2ccc(Cl)cc2)cc1NC(=O)Nc1cccc(C#N)c1. The third-order valence-corrected chi connectivity index (χ3v) is 5.62. The van der Waals surface area contributed by atoms with Gasteiger partial charge in [0.15, 0.2) is 5.69 Å². The van der Waals surface area contributed by atoms with E-state index in [0.29, 0.717) is 21.8 Å². The Morgan fingerprint density at radius 2 is 1.68 bits per heavy atom. The Morgan fingerprint density at radius 3 is 2.37 bits per heavy atom. The number of nitrogens with one attached hydrogen (secondary N) is 4. The van der Waals surface area contributed by atoms with Gasteiger partial charge in [-0.25, -0.2) is 4.79 Å². The van der Waals surface area contributed by atoms with Crippen molar-refractivity contribution in [3.8, 4) is 17.2 Å². The molecule has 0 bridgehead atoms. The summed E-state index contributed by atoms with van der Waals surface area (Å²) >= 11 is 5.86. The number of benzene rings is 3. The maximum absolute atomic E-state index is 13.7. The summed E-state index contributed by atoms with van der Waals surface area (Å²) < 4.78 is 41.1. The Hall–Kier alpha value is -4.82. The molecule has 0 radical (unpaired) electrons. The van der Waals surface area contributed by atoms with Crippen molar-refractivity contribution in [3.05, 3.63) is 94.3 Å². The average molecular weight is 539 g/mol. The minimum atomic E-state index is -4.77. The second kappa shape index (κ2) is 10.7. The molecule has 0 aliphatic rings. The molecule has 0 aliphatic carbocycles. The molecule has 4 N–H and O–H groups in total. The summed E-state index contributed by atoms with van der Waals surface area (Å²) in [7, 11) is 0. The van der Waals surface area contributed by atoms with Gasteiger partial charge in [-0.15, -0.1) is 0 Å². The lowest BCUT2D eigenvalue weighted by Crippen LogP contribution is -2.20. The van der Waals surface area contributed by atoms with E-state index in [1.54, 1.807) is 30.3 Å². The number of aryl methyl sites for hydroxylation is 1. The molecule has 3 amide bonds. The molecule has 38 heavy (non-hydrogen) atoms. The Kier molecular flexibility index (Phi) is 7.36. The number of rotatable bonds is 5. The second-order valence-corrected chi connectivity index (χ2v) is 8.50. The lowest BCUT2D eigenvalue weighted by Gasteiger charge is -2.16. The number of halogens is 4. The molecular formula is C26H18ClF3N6O2. The van der Waals surface area contributed by atoms with Crippen molar-refractivity contribution in [2.75, 3.05) is 16.0 Å². The van der Waals surface area contributed by atoms with Crippen molar-refractivity contribution >= 4 is 40.6 Å². The molecule has 1 heterocycles. The highest BCUT2D eigenvalue weighted by Crippen LogP contribution is 2.41. The van der Waals surface area contributed by atoms with Gasteiger partial charge < -0.3 is 16.0 Å². The Balaban J connectivity index is 1.70. The predicted octanol–water partition coefficient (Wildman–Crippen LogP) is 6.83. The van der Waals surface area contributed by atoms with E-state index >= 15 is 0 Å². The molecule has 4 aromatic rings. The number of amides is 3. The molecule has 0 fully saturated rings. The average Bonchev–Trinajstić information content (AvgIpc) is 3.26. The molecule has 0 saturated carbocycles. The molecule has 0 unspecified atom stereocenters. The van der Waals surface area contributed by atoms with Crippen LogP contribution in [0.1, 0.15) is 27.3 Å². The van der Waals surface area contributed by atoms with E-state index in [-0.39, 0.29) is 28.2 Å². The molecule has 4 rings (SSSR count). The number of hydrogen-bond acceptors (Lipinski definition) is 4. The van der Waals surface area contributed by atoms with Gasteiger partial charge in [0, 0.05) is 38.8 Å². The lowest BCUT2D eigenvalue weighted by molar-refractivity contribution is -0.140. The van der Waals surface area contributed by atoms with Crippen LogP contribution in [-0.2, 0) is 6.18 Å². The van der Waals surface area contributed by atoms with Crippen molar-refractivity contribution in [1.82, 2.24) is 10.2 Å². The third kappa shape index (κ3) is 5.93. The topological polar surface area (TPSA) is 123 Å². The molecule has 3 aromatic carbocycles. The number of aromatic nitrogens is 2. The molecule has 1 aromatic heterocycles. The fraction of sp³-hybridized carbons (Fsp3) is 0.0769. The van der Waals surface area contributed by atoms with Crippen LogP contribution in [0, 0.1) is 18.3 Å².